The molecule has 0 spiro atoms. The van der Waals surface area contributed by atoms with Crippen LogP contribution in [0.1, 0.15) is 33.3 Å². The number of pyridine rings is 1. The molecule has 0 aliphatic heterocycles. The number of Topliss-reactive ketones (excluding diaryl/α,β-unsaturated/α-hetero) is 1. The summed E-state index contributed by atoms with van der Waals surface area (Å²) in [6.07, 6.45) is -3.73. The van der Waals surface area contributed by atoms with Crippen LogP contribution in [0.5, 0.6) is 0 Å². The minimum atomic E-state index is -4.47. The number of nitrogens with one attached hydrogen (secondary N) is 1. The van der Waals surface area contributed by atoms with E-state index in [1.807, 2.05) is 20.8 Å². The molecule has 8 heteroatoms. The maximum Gasteiger partial charge on any atom is 0.417 e. The summed E-state index contributed by atoms with van der Waals surface area (Å²) in [5.74, 6) is 0.266. The Bertz CT molecular complexity index is 549. The smallest absolute Gasteiger partial charge is 0.367 e. The standard InChI is InChI=1S/C14H18ClF3N2OS/c1-8(21)9(2)22-13(3,4)7-20-12-11(15)5-10(6-19-12)14(16,17)18/h5-6,9H,7H2,1-4H3,(H,19,20). The summed E-state index contributed by atoms with van der Waals surface area (Å²) in [4.78, 5) is 15.0. The minimum Gasteiger partial charge on any atom is -0.367 e. The summed E-state index contributed by atoms with van der Waals surface area (Å²) in [6.45, 7) is 7.62. The normalized spacial score (nSPS) is 13.8. The fraction of sp³-hybridized carbons (Fsp3) is 0.571. The molecule has 0 bridgehead atoms. The van der Waals surface area contributed by atoms with Crippen LogP contribution in [0.25, 0.3) is 0 Å². The van der Waals surface area contributed by atoms with Gasteiger partial charge in [-0.25, -0.2) is 4.98 Å². The summed E-state index contributed by atoms with van der Waals surface area (Å²) in [6, 6.07) is 0.842. The second-order valence-corrected chi connectivity index (χ2v) is 7.99. The third-order valence-corrected chi connectivity index (χ3v) is 4.67. The maximum absolute atomic E-state index is 12.5. The molecule has 1 atom stereocenters. The zero-order valence-electron chi connectivity index (χ0n) is 12.7. The van der Waals surface area contributed by atoms with E-state index in [-0.39, 0.29) is 26.6 Å². The Morgan fingerprint density at radius 2 is 2.05 bits per heavy atom. The van der Waals surface area contributed by atoms with Gasteiger partial charge in [-0.1, -0.05) is 11.6 Å². The highest BCUT2D eigenvalue weighted by atomic mass is 35.5. The topological polar surface area (TPSA) is 42.0 Å². The van der Waals surface area contributed by atoms with Crippen molar-refractivity contribution in [2.24, 2.45) is 0 Å². The number of rotatable bonds is 6. The predicted octanol–water partition coefficient (Wildman–Crippen LogP) is 4.66. The Morgan fingerprint density at radius 1 is 1.45 bits per heavy atom. The largest absolute Gasteiger partial charge is 0.417 e. The fourth-order valence-corrected chi connectivity index (χ4v) is 3.13. The van der Waals surface area contributed by atoms with Gasteiger partial charge < -0.3 is 5.32 Å². The number of hydrogen-bond acceptors (Lipinski definition) is 4. The van der Waals surface area contributed by atoms with Crippen LogP contribution in [0.2, 0.25) is 5.02 Å². The molecule has 0 fully saturated rings. The van der Waals surface area contributed by atoms with Gasteiger partial charge in [0.25, 0.3) is 0 Å². The number of halogens is 4. The van der Waals surface area contributed by atoms with Crippen molar-refractivity contribution in [2.75, 3.05) is 11.9 Å². The van der Waals surface area contributed by atoms with Gasteiger partial charge in [-0.2, -0.15) is 13.2 Å². The van der Waals surface area contributed by atoms with Crippen molar-refractivity contribution in [1.29, 1.82) is 0 Å². The van der Waals surface area contributed by atoms with Crippen LogP contribution in [0.15, 0.2) is 12.3 Å². The van der Waals surface area contributed by atoms with Crippen LogP contribution in [0.3, 0.4) is 0 Å². The molecule has 124 valence electrons. The van der Waals surface area contributed by atoms with Crippen molar-refractivity contribution in [3.05, 3.63) is 22.8 Å². The Kier molecular flexibility index (Phi) is 6.15. The lowest BCUT2D eigenvalue weighted by molar-refractivity contribution is -0.137. The van der Waals surface area contributed by atoms with E-state index < -0.39 is 11.7 Å². The van der Waals surface area contributed by atoms with Crippen molar-refractivity contribution in [3.63, 3.8) is 0 Å². The number of carbonyl (C=O) groups is 1. The number of anilines is 1. The van der Waals surface area contributed by atoms with E-state index in [9.17, 15) is 18.0 Å². The van der Waals surface area contributed by atoms with E-state index in [4.69, 9.17) is 11.6 Å². The molecule has 1 heterocycles. The van der Waals surface area contributed by atoms with Gasteiger partial charge in [0.15, 0.2) is 0 Å². The lowest BCUT2D eigenvalue weighted by Gasteiger charge is -2.27. The van der Waals surface area contributed by atoms with Gasteiger partial charge in [-0.15, -0.1) is 11.8 Å². The molecule has 1 unspecified atom stereocenters. The van der Waals surface area contributed by atoms with E-state index in [0.717, 1.165) is 12.3 Å². The lowest BCUT2D eigenvalue weighted by Crippen LogP contribution is -2.30. The van der Waals surface area contributed by atoms with E-state index >= 15 is 0 Å². The molecule has 0 saturated heterocycles. The second kappa shape index (κ2) is 7.08. The summed E-state index contributed by atoms with van der Waals surface area (Å²) in [5, 5.41) is 2.69. The van der Waals surface area contributed by atoms with Crippen molar-refractivity contribution in [2.45, 2.75) is 43.9 Å². The van der Waals surface area contributed by atoms with Gasteiger partial charge in [0.1, 0.15) is 11.6 Å². The third-order valence-electron chi connectivity index (χ3n) is 2.92. The first-order chi connectivity index (χ1) is 9.92. The zero-order valence-corrected chi connectivity index (χ0v) is 14.3. The molecule has 3 nitrogen and oxygen atoms in total. The van der Waals surface area contributed by atoms with Crippen LogP contribution in [0, 0.1) is 0 Å². The molecule has 0 aliphatic rings. The Labute approximate surface area is 137 Å². The van der Waals surface area contributed by atoms with Crippen molar-refractivity contribution in [3.8, 4) is 0 Å². The maximum atomic E-state index is 12.5. The number of alkyl halides is 3. The first kappa shape index (κ1) is 19.1. The van der Waals surface area contributed by atoms with Crippen LogP contribution in [-0.4, -0.2) is 27.3 Å². The van der Waals surface area contributed by atoms with E-state index in [2.05, 4.69) is 10.3 Å². The Balaban J connectivity index is 2.74. The zero-order chi connectivity index (χ0) is 17.1. The number of carbonyl (C=O) groups excluding carboxylic acids is 1. The molecular weight excluding hydrogens is 337 g/mol. The first-order valence-electron chi connectivity index (χ1n) is 6.57. The number of thioether (sulfide) groups is 1. The highest BCUT2D eigenvalue weighted by Crippen LogP contribution is 2.33. The van der Waals surface area contributed by atoms with E-state index in [1.54, 1.807) is 0 Å². The van der Waals surface area contributed by atoms with E-state index in [1.165, 1.54) is 18.7 Å². The monoisotopic (exact) mass is 354 g/mol. The van der Waals surface area contributed by atoms with Gasteiger partial charge in [0, 0.05) is 17.5 Å². The number of aromatic nitrogens is 1. The van der Waals surface area contributed by atoms with Crippen LogP contribution in [0.4, 0.5) is 19.0 Å². The molecule has 22 heavy (non-hydrogen) atoms. The molecule has 0 amide bonds. The highest BCUT2D eigenvalue weighted by molar-refractivity contribution is 8.01. The van der Waals surface area contributed by atoms with Gasteiger partial charge in [-0.05, 0) is 33.8 Å². The highest BCUT2D eigenvalue weighted by Gasteiger charge is 2.32. The Morgan fingerprint density at radius 3 is 2.50 bits per heavy atom. The summed E-state index contributed by atoms with van der Waals surface area (Å²) in [7, 11) is 0. The number of ketones is 1. The van der Waals surface area contributed by atoms with Gasteiger partial charge >= 0.3 is 6.18 Å². The van der Waals surface area contributed by atoms with Gasteiger partial charge in [0.05, 0.1) is 15.8 Å². The minimum absolute atomic E-state index is 0.0729. The molecule has 1 aromatic heterocycles. The summed E-state index contributed by atoms with van der Waals surface area (Å²) < 4.78 is 37.3. The molecule has 0 aromatic carbocycles. The average Bonchev–Trinajstić information content (AvgIpc) is 2.35. The van der Waals surface area contributed by atoms with Crippen LogP contribution >= 0.6 is 23.4 Å². The van der Waals surface area contributed by atoms with Crippen LogP contribution in [-0.2, 0) is 11.0 Å². The quantitative estimate of drug-likeness (QED) is 0.807. The van der Waals surface area contributed by atoms with Crippen molar-refractivity contribution < 1.29 is 18.0 Å². The lowest BCUT2D eigenvalue weighted by atomic mass is 10.2. The van der Waals surface area contributed by atoms with Crippen molar-refractivity contribution in [1.82, 2.24) is 4.98 Å². The summed E-state index contributed by atoms with van der Waals surface area (Å²) >= 11 is 7.31. The van der Waals surface area contributed by atoms with Crippen molar-refractivity contribution >= 4 is 35.0 Å². The molecule has 1 rings (SSSR count). The SMILES string of the molecule is CC(=O)C(C)SC(C)(C)CNc1ncc(C(F)(F)F)cc1Cl. The summed E-state index contributed by atoms with van der Waals surface area (Å²) in [5.41, 5.74) is -0.887. The Hall–Kier alpha value is -0.950. The predicted molar refractivity (Wildman–Crippen MR) is 84.6 cm³/mol. The van der Waals surface area contributed by atoms with E-state index in [0.29, 0.717) is 6.54 Å². The first-order valence-corrected chi connectivity index (χ1v) is 7.83. The molecular formula is C14H18ClF3N2OS. The molecule has 0 saturated carbocycles. The van der Waals surface area contributed by atoms with Gasteiger partial charge in [-0.3, -0.25) is 4.79 Å². The van der Waals surface area contributed by atoms with Gasteiger partial charge in [0.2, 0.25) is 0 Å². The second-order valence-electron chi connectivity index (χ2n) is 5.54. The average molecular weight is 355 g/mol. The number of hydrogen-bond donors (Lipinski definition) is 1. The van der Waals surface area contributed by atoms with Crippen LogP contribution < -0.4 is 5.32 Å². The molecule has 1 aromatic rings. The molecule has 0 aliphatic carbocycles. The molecule has 0 radical (unpaired) electrons. The third kappa shape index (κ3) is 5.68. The number of nitrogens with zero attached hydrogens (tertiary/aromatic N) is 1. The molecule has 1 N–H and O–H groups in total. The fourth-order valence-electron chi connectivity index (χ4n) is 1.62.